The smallest absolute Gasteiger partial charge is 0.254 e. The van der Waals surface area contributed by atoms with Crippen LogP contribution in [0, 0.1) is 0 Å². The lowest BCUT2D eigenvalue weighted by atomic mass is 9.97. The van der Waals surface area contributed by atoms with Gasteiger partial charge in [-0.1, -0.05) is 37.3 Å². The summed E-state index contributed by atoms with van der Waals surface area (Å²) < 4.78 is 11.9. The number of ether oxygens (including phenoxy) is 2. The number of hydrogen-bond acceptors (Lipinski definition) is 4. The SMILES string of the molecule is CCCOc1ccc([C@@H]2O[C@H](c3c[nH]c4ccccc34)C(=O)N[C@H]2CO)cc1. The molecular weight excluding hydrogens is 356 g/mol. The van der Waals surface area contributed by atoms with Crippen molar-refractivity contribution in [2.45, 2.75) is 31.6 Å². The number of hydrogen-bond donors (Lipinski definition) is 3. The lowest BCUT2D eigenvalue weighted by Gasteiger charge is -2.36. The van der Waals surface area contributed by atoms with Crippen molar-refractivity contribution in [1.82, 2.24) is 10.3 Å². The Morgan fingerprint density at radius 1 is 1.14 bits per heavy atom. The number of carbonyl (C=O) groups is 1. The minimum Gasteiger partial charge on any atom is -0.494 e. The van der Waals surface area contributed by atoms with Crippen molar-refractivity contribution in [2.24, 2.45) is 0 Å². The molecule has 1 aromatic heterocycles. The number of aromatic nitrogens is 1. The van der Waals surface area contributed by atoms with Gasteiger partial charge in [-0.25, -0.2) is 0 Å². The van der Waals surface area contributed by atoms with E-state index in [4.69, 9.17) is 9.47 Å². The van der Waals surface area contributed by atoms with Crippen LogP contribution in [-0.4, -0.2) is 35.3 Å². The van der Waals surface area contributed by atoms with Crippen LogP contribution in [-0.2, 0) is 9.53 Å². The van der Waals surface area contributed by atoms with E-state index in [1.54, 1.807) is 0 Å². The number of morpholine rings is 1. The maximum absolute atomic E-state index is 12.7. The molecule has 1 amide bonds. The standard InChI is InChI=1S/C22H24N2O4/c1-2-11-27-15-9-7-14(8-10-15)20-19(13-25)24-22(26)21(28-20)17-12-23-18-6-4-3-5-16(17)18/h3-10,12,19-21,23,25H,2,11,13H2,1H3,(H,24,26)/t19-,20-,21+/m0/s1. The van der Waals surface area contributed by atoms with Crippen LogP contribution in [0.5, 0.6) is 5.75 Å². The van der Waals surface area contributed by atoms with Crippen LogP contribution < -0.4 is 10.1 Å². The molecule has 6 nitrogen and oxygen atoms in total. The molecule has 6 heteroatoms. The summed E-state index contributed by atoms with van der Waals surface area (Å²) in [5.41, 5.74) is 2.62. The van der Waals surface area contributed by atoms with E-state index in [-0.39, 0.29) is 12.5 Å². The first kappa shape index (κ1) is 18.5. The Morgan fingerprint density at radius 2 is 1.93 bits per heavy atom. The Morgan fingerprint density at radius 3 is 2.68 bits per heavy atom. The fourth-order valence-corrected chi connectivity index (χ4v) is 3.59. The summed E-state index contributed by atoms with van der Waals surface area (Å²) in [6.45, 7) is 2.52. The Bertz CT molecular complexity index is 951. The van der Waals surface area contributed by atoms with Gasteiger partial charge in [-0.15, -0.1) is 0 Å². The molecule has 1 aliphatic rings. The lowest BCUT2D eigenvalue weighted by Crippen LogP contribution is -2.50. The molecule has 1 saturated heterocycles. The van der Waals surface area contributed by atoms with Gasteiger partial charge in [-0.05, 0) is 30.2 Å². The van der Waals surface area contributed by atoms with Gasteiger partial charge in [0.1, 0.15) is 11.9 Å². The van der Waals surface area contributed by atoms with Gasteiger partial charge in [-0.2, -0.15) is 0 Å². The lowest BCUT2D eigenvalue weighted by molar-refractivity contribution is -0.152. The molecular formula is C22H24N2O4. The number of aliphatic hydroxyl groups excluding tert-OH is 1. The van der Waals surface area contributed by atoms with E-state index >= 15 is 0 Å². The highest BCUT2D eigenvalue weighted by atomic mass is 16.5. The molecule has 1 fully saturated rings. The largest absolute Gasteiger partial charge is 0.494 e. The maximum atomic E-state index is 12.7. The van der Waals surface area contributed by atoms with Crippen LogP contribution in [0.2, 0.25) is 0 Å². The molecule has 0 radical (unpaired) electrons. The fourth-order valence-electron chi connectivity index (χ4n) is 3.59. The molecule has 3 aromatic rings. The number of para-hydroxylation sites is 1. The van der Waals surface area contributed by atoms with Crippen LogP contribution in [0.4, 0.5) is 0 Å². The molecule has 28 heavy (non-hydrogen) atoms. The number of benzene rings is 2. The monoisotopic (exact) mass is 380 g/mol. The number of aliphatic hydroxyl groups is 1. The third-order valence-corrected chi connectivity index (χ3v) is 5.00. The van der Waals surface area contributed by atoms with Crippen molar-refractivity contribution in [3.8, 4) is 5.75 Å². The summed E-state index contributed by atoms with van der Waals surface area (Å²) in [5.74, 6) is 0.544. The third kappa shape index (κ3) is 3.48. The van der Waals surface area contributed by atoms with E-state index in [0.29, 0.717) is 6.61 Å². The first-order valence-electron chi connectivity index (χ1n) is 9.56. The second-order valence-electron chi connectivity index (χ2n) is 6.94. The van der Waals surface area contributed by atoms with Gasteiger partial charge in [0.05, 0.1) is 19.3 Å². The summed E-state index contributed by atoms with van der Waals surface area (Å²) in [4.78, 5) is 15.9. The number of H-pyrrole nitrogens is 1. The zero-order chi connectivity index (χ0) is 19.5. The van der Waals surface area contributed by atoms with Gasteiger partial charge in [0.25, 0.3) is 5.91 Å². The van der Waals surface area contributed by atoms with Crippen LogP contribution in [0.3, 0.4) is 0 Å². The van der Waals surface area contributed by atoms with E-state index in [0.717, 1.165) is 34.2 Å². The van der Waals surface area contributed by atoms with Gasteiger partial charge in [0.2, 0.25) is 0 Å². The molecule has 146 valence electrons. The predicted octanol–water partition coefficient (Wildman–Crippen LogP) is 3.25. The second-order valence-corrected chi connectivity index (χ2v) is 6.94. The summed E-state index contributed by atoms with van der Waals surface area (Å²) in [5, 5.41) is 13.6. The zero-order valence-electron chi connectivity index (χ0n) is 15.7. The topological polar surface area (TPSA) is 83.6 Å². The van der Waals surface area contributed by atoms with E-state index < -0.39 is 18.2 Å². The van der Waals surface area contributed by atoms with E-state index in [2.05, 4.69) is 17.2 Å². The minimum absolute atomic E-state index is 0.203. The summed E-state index contributed by atoms with van der Waals surface area (Å²) >= 11 is 0. The second kappa shape index (κ2) is 8.04. The van der Waals surface area contributed by atoms with Crippen molar-refractivity contribution in [2.75, 3.05) is 13.2 Å². The average Bonchev–Trinajstić information content (AvgIpc) is 3.16. The number of amides is 1. The molecule has 0 spiro atoms. The fraction of sp³-hybridized carbons (Fsp3) is 0.318. The number of nitrogens with one attached hydrogen (secondary N) is 2. The Balaban J connectivity index is 1.62. The Labute approximate surface area is 163 Å². The first-order valence-corrected chi connectivity index (χ1v) is 9.56. The van der Waals surface area contributed by atoms with Crippen LogP contribution in [0.1, 0.15) is 36.7 Å². The molecule has 2 heterocycles. The molecule has 1 aliphatic heterocycles. The third-order valence-electron chi connectivity index (χ3n) is 5.00. The molecule has 2 aromatic carbocycles. The van der Waals surface area contributed by atoms with Crippen molar-refractivity contribution < 1.29 is 19.4 Å². The van der Waals surface area contributed by atoms with Crippen LogP contribution in [0.15, 0.2) is 54.7 Å². The highest BCUT2D eigenvalue weighted by molar-refractivity contribution is 5.91. The van der Waals surface area contributed by atoms with Gasteiger partial charge >= 0.3 is 0 Å². The average molecular weight is 380 g/mol. The highest BCUT2D eigenvalue weighted by Crippen LogP contribution is 2.36. The Kier molecular flexibility index (Phi) is 5.32. The number of fused-ring (bicyclic) bond motifs is 1. The molecule has 0 aliphatic carbocycles. The molecule has 0 saturated carbocycles. The highest BCUT2D eigenvalue weighted by Gasteiger charge is 2.38. The number of rotatable bonds is 6. The summed E-state index contributed by atoms with van der Waals surface area (Å²) in [7, 11) is 0. The molecule has 3 atom stereocenters. The predicted molar refractivity (Wildman–Crippen MR) is 106 cm³/mol. The number of carbonyl (C=O) groups excluding carboxylic acids is 1. The van der Waals surface area contributed by atoms with Crippen molar-refractivity contribution in [1.29, 1.82) is 0 Å². The normalized spacial score (nSPS) is 22.2. The van der Waals surface area contributed by atoms with Crippen LogP contribution in [0.25, 0.3) is 10.9 Å². The van der Waals surface area contributed by atoms with E-state index in [9.17, 15) is 9.90 Å². The molecule has 0 bridgehead atoms. The first-order chi connectivity index (χ1) is 13.7. The van der Waals surface area contributed by atoms with Crippen molar-refractivity contribution >= 4 is 16.8 Å². The van der Waals surface area contributed by atoms with Gasteiger partial charge < -0.3 is 24.9 Å². The van der Waals surface area contributed by atoms with Gasteiger partial charge in [0, 0.05) is 22.7 Å². The Hall–Kier alpha value is -2.83. The van der Waals surface area contributed by atoms with Gasteiger partial charge in [0.15, 0.2) is 6.10 Å². The number of aromatic amines is 1. The van der Waals surface area contributed by atoms with Crippen LogP contribution >= 0.6 is 0 Å². The minimum atomic E-state index is -0.750. The van der Waals surface area contributed by atoms with Gasteiger partial charge in [-0.3, -0.25) is 4.79 Å². The zero-order valence-corrected chi connectivity index (χ0v) is 15.7. The van der Waals surface area contributed by atoms with Crippen molar-refractivity contribution in [3.63, 3.8) is 0 Å². The van der Waals surface area contributed by atoms with E-state index in [1.807, 2.05) is 54.7 Å². The molecule has 4 rings (SSSR count). The summed E-state index contributed by atoms with van der Waals surface area (Å²) in [6.07, 6.45) is 1.55. The quantitative estimate of drug-likeness (QED) is 0.613. The summed E-state index contributed by atoms with van der Waals surface area (Å²) in [6, 6.07) is 14.9. The molecule has 3 N–H and O–H groups in total. The van der Waals surface area contributed by atoms with Crippen molar-refractivity contribution in [3.05, 3.63) is 65.9 Å². The van der Waals surface area contributed by atoms with E-state index in [1.165, 1.54) is 0 Å². The molecule has 0 unspecified atom stereocenters. The maximum Gasteiger partial charge on any atom is 0.254 e.